The van der Waals surface area contributed by atoms with E-state index in [1.807, 2.05) is 0 Å². The fourth-order valence-electron chi connectivity index (χ4n) is 1.10. The Morgan fingerprint density at radius 3 is 2.20 bits per heavy atom. The molecule has 0 aromatic carbocycles. The highest BCUT2D eigenvalue weighted by molar-refractivity contribution is 7.80. The molecule has 0 aliphatic carbocycles. The molecule has 0 saturated carbocycles. The van der Waals surface area contributed by atoms with Gasteiger partial charge in [-0.15, -0.1) is 0 Å². The normalized spacial score (nSPS) is 14.9. The maximum Gasteiger partial charge on any atom is 0.306 e. The van der Waals surface area contributed by atoms with E-state index >= 15 is 0 Å². The summed E-state index contributed by atoms with van der Waals surface area (Å²) in [6, 6.07) is 0. The Balaban J connectivity index is 4.53. The average Bonchev–Trinajstić information content (AvgIpc) is 1.73. The smallest absolute Gasteiger partial charge is 0.306 e. The van der Waals surface area contributed by atoms with Crippen molar-refractivity contribution in [1.82, 2.24) is 0 Å². The largest absolute Gasteiger partial charge is 0.726 e. The summed E-state index contributed by atoms with van der Waals surface area (Å²) < 4.78 is 35.4. The maximum atomic E-state index is 10.4. The van der Waals surface area contributed by atoms with Gasteiger partial charge in [-0.2, -0.15) is 0 Å². The maximum absolute atomic E-state index is 10.4. The van der Waals surface area contributed by atoms with Gasteiger partial charge in [0.05, 0.1) is 27.6 Å². The number of nitrogens with zero attached hydrogens (tertiary/aromatic N) is 1. The predicted octanol–water partition coefficient (Wildman–Crippen LogP) is -0.987. The molecule has 0 radical (unpaired) electrons. The Morgan fingerprint density at radius 2 is 1.93 bits per heavy atom. The van der Waals surface area contributed by atoms with Crippen LogP contribution in [0.3, 0.4) is 0 Å². The lowest BCUT2D eigenvalue weighted by Gasteiger charge is -2.28. The van der Waals surface area contributed by atoms with Gasteiger partial charge in [-0.05, 0) is 0 Å². The standard InChI is InChI=1S/C7H15NO6S/c1-8(2,3)5-6(4-7(9)10)14-15(11,12)13/h6H,4-5H2,1-3H3,(H-,9,10,11,12,13)/t6-/m1/s1. The molecular formula is C7H15NO6S. The first-order valence-electron chi connectivity index (χ1n) is 4.16. The van der Waals surface area contributed by atoms with E-state index < -0.39 is 28.9 Å². The molecule has 0 rings (SSSR count). The Kier molecular flexibility index (Phi) is 4.65. The van der Waals surface area contributed by atoms with Crippen LogP contribution < -0.4 is 0 Å². The molecule has 1 N–H and O–H groups in total. The molecule has 0 heterocycles. The molecule has 8 heteroatoms. The van der Waals surface area contributed by atoms with E-state index in [-0.39, 0.29) is 6.54 Å². The number of carboxylic acid groups (broad SMARTS) is 1. The number of rotatable bonds is 6. The number of carboxylic acids is 1. The summed E-state index contributed by atoms with van der Waals surface area (Å²) in [5.41, 5.74) is 0. The fraction of sp³-hybridized carbons (Fsp3) is 0.857. The zero-order valence-electron chi connectivity index (χ0n) is 8.84. The summed E-state index contributed by atoms with van der Waals surface area (Å²) in [7, 11) is 0.331. The van der Waals surface area contributed by atoms with Gasteiger partial charge in [0.1, 0.15) is 12.6 Å². The van der Waals surface area contributed by atoms with E-state index in [9.17, 15) is 17.8 Å². The molecule has 0 amide bonds. The van der Waals surface area contributed by atoms with Crippen LogP contribution in [0.2, 0.25) is 0 Å². The Morgan fingerprint density at radius 1 is 1.47 bits per heavy atom. The Bertz CT molecular complexity index is 317. The van der Waals surface area contributed by atoms with Crippen molar-refractivity contribution < 1.29 is 31.5 Å². The highest BCUT2D eigenvalue weighted by Crippen LogP contribution is 2.07. The van der Waals surface area contributed by atoms with Gasteiger partial charge in [0.2, 0.25) is 10.4 Å². The Labute approximate surface area is 88.8 Å². The third-order valence-corrected chi connectivity index (χ3v) is 1.92. The second kappa shape index (κ2) is 4.88. The van der Waals surface area contributed by atoms with Crippen LogP contribution in [0.1, 0.15) is 6.42 Å². The molecule has 90 valence electrons. The van der Waals surface area contributed by atoms with Crippen LogP contribution in [-0.2, 0) is 19.4 Å². The number of hydrogen-bond donors (Lipinski definition) is 1. The first-order valence-corrected chi connectivity index (χ1v) is 5.49. The van der Waals surface area contributed by atoms with Crippen LogP contribution in [0, 0.1) is 0 Å². The third-order valence-electron chi connectivity index (χ3n) is 1.41. The molecule has 0 saturated heterocycles. The van der Waals surface area contributed by atoms with Crippen LogP contribution >= 0.6 is 0 Å². The van der Waals surface area contributed by atoms with E-state index in [1.54, 1.807) is 21.1 Å². The zero-order chi connectivity index (χ0) is 12.3. The average molecular weight is 241 g/mol. The number of carbonyl (C=O) groups is 1. The van der Waals surface area contributed by atoms with Gasteiger partial charge >= 0.3 is 5.97 Å². The molecule has 0 fully saturated rings. The summed E-state index contributed by atoms with van der Waals surface area (Å²) in [6.45, 7) is 0.119. The van der Waals surface area contributed by atoms with Gasteiger partial charge in [0, 0.05) is 0 Å². The molecule has 0 bridgehead atoms. The molecule has 7 nitrogen and oxygen atoms in total. The monoisotopic (exact) mass is 241 g/mol. The van der Waals surface area contributed by atoms with E-state index in [2.05, 4.69) is 4.18 Å². The molecule has 0 aliphatic rings. The first-order chi connectivity index (χ1) is 6.49. The number of hydrogen-bond acceptors (Lipinski definition) is 5. The van der Waals surface area contributed by atoms with Gasteiger partial charge in [-0.1, -0.05) is 0 Å². The minimum absolute atomic E-state index is 0.119. The minimum Gasteiger partial charge on any atom is -0.726 e. The van der Waals surface area contributed by atoms with Crippen LogP contribution in [0.25, 0.3) is 0 Å². The van der Waals surface area contributed by atoms with Gasteiger partial charge < -0.3 is 14.1 Å². The molecule has 0 aromatic rings. The lowest BCUT2D eigenvalue weighted by molar-refractivity contribution is -0.873. The van der Waals surface area contributed by atoms with E-state index in [0.29, 0.717) is 4.48 Å². The SMILES string of the molecule is C[N+](C)(C)C[C@@H](CC(=O)O)OS(=O)(=O)[O-]. The van der Waals surface area contributed by atoms with Gasteiger partial charge in [0.25, 0.3) is 0 Å². The summed E-state index contributed by atoms with van der Waals surface area (Å²) in [5, 5.41) is 8.49. The second-order valence-corrected chi connectivity index (χ2v) is 5.21. The fourth-order valence-corrected chi connectivity index (χ4v) is 1.56. The lowest BCUT2D eigenvalue weighted by atomic mass is 10.2. The molecule has 0 unspecified atom stereocenters. The number of quaternary nitrogens is 1. The van der Waals surface area contributed by atoms with E-state index in [4.69, 9.17) is 5.11 Å². The molecule has 1 atom stereocenters. The second-order valence-electron chi connectivity index (χ2n) is 4.20. The molecule has 0 aliphatic heterocycles. The minimum atomic E-state index is -4.86. The molecular weight excluding hydrogens is 226 g/mol. The third kappa shape index (κ3) is 9.60. The summed E-state index contributed by atoms with van der Waals surface area (Å²) in [5.74, 6) is -1.21. The van der Waals surface area contributed by atoms with Crippen molar-refractivity contribution >= 4 is 16.4 Å². The van der Waals surface area contributed by atoms with Crippen LogP contribution in [0.4, 0.5) is 0 Å². The lowest BCUT2D eigenvalue weighted by Crippen LogP contribution is -2.43. The number of likely N-dealkylation sites (N-methyl/N-ethyl adjacent to an activating group) is 1. The Hall–Kier alpha value is -0.700. The first kappa shape index (κ1) is 14.3. The summed E-state index contributed by atoms with van der Waals surface area (Å²) in [4.78, 5) is 10.4. The van der Waals surface area contributed by atoms with Crippen molar-refractivity contribution in [2.45, 2.75) is 12.5 Å². The predicted molar refractivity (Wildman–Crippen MR) is 49.7 cm³/mol. The van der Waals surface area contributed by atoms with Crippen molar-refractivity contribution in [1.29, 1.82) is 0 Å². The number of aliphatic carboxylic acids is 1. The van der Waals surface area contributed by atoms with Gasteiger partial charge in [0.15, 0.2) is 0 Å². The molecule has 0 aromatic heterocycles. The van der Waals surface area contributed by atoms with Crippen molar-refractivity contribution in [2.24, 2.45) is 0 Å². The highest BCUT2D eigenvalue weighted by atomic mass is 32.3. The van der Waals surface area contributed by atoms with Crippen molar-refractivity contribution in [3.8, 4) is 0 Å². The van der Waals surface area contributed by atoms with Gasteiger partial charge in [-0.3, -0.25) is 8.98 Å². The van der Waals surface area contributed by atoms with Crippen LogP contribution in [-0.4, -0.2) is 62.3 Å². The van der Waals surface area contributed by atoms with E-state index in [1.165, 1.54) is 0 Å². The van der Waals surface area contributed by atoms with Crippen molar-refractivity contribution in [2.75, 3.05) is 27.7 Å². The zero-order valence-corrected chi connectivity index (χ0v) is 9.65. The van der Waals surface area contributed by atoms with Crippen molar-refractivity contribution in [3.05, 3.63) is 0 Å². The summed E-state index contributed by atoms with van der Waals surface area (Å²) >= 11 is 0. The molecule has 0 spiro atoms. The van der Waals surface area contributed by atoms with Crippen molar-refractivity contribution in [3.63, 3.8) is 0 Å². The quantitative estimate of drug-likeness (QED) is 0.364. The summed E-state index contributed by atoms with van der Waals surface area (Å²) in [6.07, 6.45) is -1.65. The van der Waals surface area contributed by atoms with Crippen LogP contribution in [0.15, 0.2) is 0 Å². The van der Waals surface area contributed by atoms with Gasteiger partial charge in [-0.25, -0.2) is 8.42 Å². The van der Waals surface area contributed by atoms with Crippen LogP contribution in [0.5, 0.6) is 0 Å². The highest BCUT2D eigenvalue weighted by Gasteiger charge is 2.23. The van der Waals surface area contributed by atoms with E-state index in [0.717, 1.165) is 0 Å². The topological polar surface area (TPSA) is 104 Å². The molecule has 15 heavy (non-hydrogen) atoms.